The minimum absolute atomic E-state index is 0.00392. The largest absolute Gasteiger partial charge is 0.396 e. The van der Waals surface area contributed by atoms with Crippen LogP contribution in [0.2, 0.25) is 0 Å². The lowest BCUT2D eigenvalue weighted by atomic mass is 9.47. The molecule has 0 aromatic heterocycles. The van der Waals surface area contributed by atoms with Gasteiger partial charge in [0.2, 0.25) is 0 Å². The highest BCUT2D eigenvalue weighted by Gasteiger charge is 2.68. The molecule has 3 saturated carbocycles. The van der Waals surface area contributed by atoms with E-state index in [-0.39, 0.29) is 41.3 Å². The van der Waals surface area contributed by atoms with Crippen LogP contribution in [0, 0.1) is 46.3 Å². The molecule has 62 heavy (non-hydrogen) atoms. The first-order valence-electron chi connectivity index (χ1n) is 23.3. The normalized spacial score (nSPS) is 55.7. The standard InChI is InChI=1S/C45H74O17/c1-19(17-46)9-14-45(55)20(2)30-28(62-45)16-27-25-8-7-23-15-24(10-12-43(23,5)26(25)11-13-44(27,30)6)58-42-39(61-41-36(53)34(51)32(49)22(4)57-41)37(54)38(29(18-47)59-42)60-40-35(52)33(50)31(48)21(3)56-40/h7,19-22,24-42,46-55H,8-18H2,1-6H3/t19-,20+,21+,22+,24+,25-,26+,27+,28+,29-,30?,31+,32+,33-,34-,35-,36-,37+,38-,39-,40+,41+,42-,43+,44+,45-/m1/s1. The number of aliphatic hydroxyl groups is 10. The van der Waals surface area contributed by atoms with Crippen molar-refractivity contribution in [2.24, 2.45) is 46.3 Å². The number of ether oxygens (including phenoxy) is 7. The number of rotatable bonds is 11. The van der Waals surface area contributed by atoms with Crippen molar-refractivity contribution in [1.82, 2.24) is 0 Å². The van der Waals surface area contributed by atoms with Crippen molar-refractivity contribution in [3.05, 3.63) is 11.6 Å². The molecule has 356 valence electrons. The first-order chi connectivity index (χ1) is 29.3. The Morgan fingerprint density at radius 2 is 1.37 bits per heavy atom. The van der Waals surface area contributed by atoms with Crippen molar-refractivity contribution < 1.29 is 84.2 Å². The van der Waals surface area contributed by atoms with Gasteiger partial charge in [-0.2, -0.15) is 0 Å². The third-order valence-corrected chi connectivity index (χ3v) is 17.4. The van der Waals surface area contributed by atoms with Crippen molar-refractivity contribution in [3.63, 3.8) is 0 Å². The maximum absolute atomic E-state index is 12.0. The zero-order valence-electron chi connectivity index (χ0n) is 37.0. The molecule has 4 aliphatic carbocycles. The second kappa shape index (κ2) is 17.9. The molecular weight excluding hydrogens is 812 g/mol. The van der Waals surface area contributed by atoms with Gasteiger partial charge in [0.15, 0.2) is 24.7 Å². The van der Waals surface area contributed by atoms with Gasteiger partial charge in [-0.05, 0) is 106 Å². The molecule has 26 atom stereocenters. The Morgan fingerprint density at radius 3 is 1.98 bits per heavy atom. The molecule has 17 heteroatoms. The summed E-state index contributed by atoms with van der Waals surface area (Å²) in [6.07, 6.45) is -12.4. The molecule has 8 rings (SSSR count). The van der Waals surface area contributed by atoms with Crippen LogP contribution in [0.1, 0.15) is 99.3 Å². The summed E-state index contributed by atoms with van der Waals surface area (Å²) in [4.78, 5) is 0. The van der Waals surface area contributed by atoms with Gasteiger partial charge in [0, 0.05) is 18.9 Å². The molecule has 8 aliphatic rings. The third-order valence-electron chi connectivity index (χ3n) is 17.4. The third kappa shape index (κ3) is 8.07. The minimum atomic E-state index is -1.72. The number of allylic oxidation sites excluding steroid dienone is 1. The van der Waals surface area contributed by atoms with Gasteiger partial charge in [-0.3, -0.25) is 0 Å². The van der Waals surface area contributed by atoms with Crippen molar-refractivity contribution in [1.29, 1.82) is 0 Å². The van der Waals surface area contributed by atoms with E-state index in [0.29, 0.717) is 43.4 Å². The van der Waals surface area contributed by atoms with E-state index >= 15 is 0 Å². The van der Waals surface area contributed by atoms with Crippen molar-refractivity contribution in [2.45, 2.75) is 209 Å². The highest BCUT2D eigenvalue weighted by atomic mass is 16.8. The SMILES string of the molecule is C[C@@H](CO)CC[C@@]1(O)O[C@H]2C[C@H]3[C@@H]4CC=C5C[C@@H](O[C@@H]6O[C@H](CO)[C@@H](O[C@@H]7O[C@@H](C)[C@H](O)[C@@H](O)[C@H]7O)[C@H](O)[C@H]6O[C@@H]6O[C@@H](C)[C@H](O)[C@@H](O)[C@H]6O)CC[C@]5(C)[C@H]4CC[C@]3(C)C2[C@@H]1C. The predicted octanol–water partition coefficient (Wildman–Crippen LogP) is 0.196. The Morgan fingerprint density at radius 1 is 0.742 bits per heavy atom. The number of fused-ring (bicyclic) bond motifs is 7. The average Bonchev–Trinajstić information content (AvgIpc) is 3.68. The van der Waals surface area contributed by atoms with Gasteiger partial charge in [0.25, 0.3) is 0 Å². The molecule has 17 nitrogen and oxygen atoms in total. The van der Waals surface area contributed by atoms with E-state index in [1.54, 1.807) is 0 Å². The lowest BCUT2D eigenvalue weighted by Gasteiger charge is -2.58. The predicted molar refractivity (Wildman–Crippen MR) is 216 cm³/mol. The van der Waals surface area contributed by atoms with Crippen LogP contribution in [0.15, 0.2) is 11.6 Å². The van der Waals surface area contributed by atoms with E-state index in [0.717, 1.165) is 32.1 Å². The zero-order chi connectivity index (χ0) is 44.8. The average molecular weight is 887 g/mol. The molecule has 0 amide bonds. The summed E-state index contributed by atoms with van der Waals surface area (Å²) in [7, 11) is 0. The number of hydrogen-bond acceptors (Lipinski definition) is 17. The summed E-state index contributed by atoms with van der Waals surface area (Å²) in [5, 5.41) is 107. The molecule has 0 aromatic rings. The zero-order valence-corrected chi connectivity index (χ0v) is 37.0. The fourth-order valence-corrected chi connectivity index (χ4v) is 13.5. The van der Waals surface area contributed by atoms with E-state index in [9.17, 15) is 51.1 Å². The van der Waals surface area contributed by atoms with Crippen LogP contribution in [0.25, 0.3) is 0 Å². The molecule has 7 fully saturated rings. The molecule has 0 aromatic carbocycles. The van der Waals surface area contributed by atoms with Gasteiger partial charge in [0.05, 0.1) is 31.0 Å². The molecule has 10 N–H and O–H groups in total. The van der Waals surface area contributed by atoms with Crippen LogP contribution in [0.5, 0.6) is 0 Å². The molecule has 0 radical (unpaired) electrons. The Hall–Kier alpha value is -0.940. The van der Waals surface area contributed by atoms with E-state index in [1.165, 1.54) is 19.4 Å². The lowest BCUT2D eigenvalue weighted by Crippen LogP contribution is -2.66. The van der Waals surface area contributed by atoms with E-state index in [4.69, 9.17) is 33.2 Å². The van der Waals surface area contributed by atoms with Crippen molar-refractivity contribution >= 4 is 0 Å². The Kier molecular flexibility index (Phi) is 13.8. The Bertz CT molecular complexity index is 1590. The fraction of sp³-hybridized carbons (Fsp3) is 0.956. The molecule has 0 spiro atoms. The highest BCUT2D eigenvalue weighted by Crippen LogP contribution is 2.70. The summed E-state index contributed by atoms with van der Waals surface area (Å²) < 4.78 is 43.1. The molecule has 4 saturated heterocycles. The highest BCUT2D eigenvalue weighted by molar-refractivity contribution is 5.26. The summed E-state index contributed by atoms with van der Waals surface area (Å²) in [6, 6.07) is 0. The van der Waals surface area contributed by atoms with Gasteiger partial charge < -0.3 is 84.2 Å². The molecular formula is C45H74O17. The van der Waals surface area contributed by atoms with Gasteiger partial charge in [0.1, 0.15) is 61.0 Å². The molecule has 4 heterocycles. The molecule has 1 unspecified atom stereocenters. The monoisotopic (exact) mass is 886 g/mol. The maximum atomic E-state index is 12.0. The van der Waals surface area contributed by atoms with Gasteiger partial charge in [-0.25, -0.2) is 0 Å². The summed E-state index contributed by atoms with van der Waals surface area (Å²) >= 11 is 0. The lowest BCUT2D eigenvalue weighted by molar-refractivity contribution is -0.388. The quantitative estimate of drug-likeness (QED) is 0.124. The van der Waals surface area contributed by atoms with E-state index < -0.39 is 111 Å². The smallest absolute Gasteiger partial charge is 0.187 e. The van der Waals surface area contributed by atoms with Crippen LogP contribution < -0.4 is 0 Å². The first-order valence-corrected chi connectivity index (χ1v) is 23.3. The first kappa shape index (κ1) is 47.5. The topological polar surface area (TPSA) is 267 Å². The van der Waals surface area contributed by atoms with Crippen molar-refractivity contribution in [3.8, 4) is 0 Å². The molecule has 0 bridgehead atoms. The van der Waals surface area contributed by atoms with Gasteiger partial charge in [-0.1, -0.05) is 39.3 Å². The summed E-state index contributed by atoms with van der Waals surface area (Å²) in [5.74, 6) is 0.570. The van der Waals surface area contributed by atoms with Gasteiger partial charge in [-0.15, -0.1) is 0 Å². The van der Waals surface area contributed by atoms with Crippen LogP contribution >= 0.6 is 0 Å². The van der Waals surface area contributed by atoms with Crippen LogP contribution in [-0.4, -0.2) is 174 Å². The Balaban J connectivity index is 0.982. The maximum Gasteiger partial charge on any atom is 0.187 e. The van der Waals surface area contributed by atoms with Gasteiger partial charge >= 0.3 is 0 Å². The van der Waals surface area contributed by atoms with E-state index in [2.05, 4.69) is 26.8 Å². The number of hydrogen-bond donors (Lipinski definition) is 10. The minimum Gasteiger partial charge on any atom is -0.396 e. The fourth-order valence-electron chi connectivity index (χ4n) is 13.5. The summed E-state index contributed by atoms with van der Waals surface area (Å²) in [6.45, 7) is 11.4. The molecule has 4 aliphatic heterocycles. The van der Waals surface area contributed by atoms with Crippen LogP contribution in [0.4, 0.5) is 0 Å². The Labute approximate surface area is 364 Å². The second-order valence-electron chi connectivity index (χ2n) is 21.0. The van der Waals surface area contributed by atoms with Crippen LogP contribution in [-0.2, 0) is 33.2 Å². The summed E-state index contributed by atoms with van der Waals surface area (Å²) in [5.41, 5.74) is 1.27. The van der Waals surface area contributed by atoms with E-state index in [1.807, 2.05) is 6.92 Å². The van der Waals surface area contributed by atoms with Crippen LogP contribution in [0.3, 0.4) is 0 Å². The van der Waals surface area contributed by atoms with Crippen molar-refractivity contribution in [2.75, 3.05) is 13.2 Å². The number of aliphatic hydroxyl groups excluding tert-OH is 9. The second-order valence-corrected chi connectivity index (χ2v) is 21.0.